The third-order valence-corrected chi connectivity index (χ3v) is 7.52. The second kappa shape index (κ2) is 11.3. The molecule has 1 aliphatic rings. The lowest BCUT2D eigenvalue weighted by Crippen LogP contribution is -2.54. The van der Waals surface area contributed by atoms with E-state index >= 15 is 0 Å². The van der Waals surface area contributed by atoms with Crippen LogP contribution in [0.3, 0.4) is 0 Å². The predicted octanol–water partition coefficient (Wildman–Crippen LogP) is 7.08. The van der Waals surface area contributed by atoms with Crippen LogP contribution in [0.2, 0.25) is 10.0 Å². The Hall–Kier alpha value is -2.85. The smallest absolute Gasteiger partial charge is 0.335 e. The van der Waals surface area contributed by atoms with Crippen LogP contribution < -0.4 is 19.7 Å². The van der Waals surface area contributed by atoms with Crippen molar-refractivity contribution in [2.24, 2.45) is 0 Å². The number of urea groups is 1. The summed E-state index contributed by atoms with van der Waals surface area (Å²) in [6, 6.07) is 12.6. The maximum Gasteiger partial charge on any atom is 0.335 e. The first-order valence-corrected chi connectivity index (χ1v) is 13.0. The van der Waals surface area contributed by atoms with Gasteiger partial charge < -0.3 is 9.47 Å². The van der Waals surface area contributed by atoms with Gasteiger partial charge in [-0.1, -0.05) is 45.2 Å². The molecule has 37 heavy (non-hydrogen) atoms. The van der Waals surface area contributed by atoms with E-state index in [0.29, 0.717) is 37.3 Å². The highest BCUT2D eigenvalue weighted by Crippen LogP contribution is 2.38. The maximum atomic E-state index is 13.2. The molecule has 0 unspecified atom stereocenters. The number of imide groups is 2. The van der Waals surface area contributed by atoms with Gasteiger partial charge in [0.1, 0.15) is 12.2 Å². The zero-order valence-corrected chi connectivity index (χ0v) is 24.1. The van der Waals surface area contributed by atoms with Crippen LogP contribution in [0.1, 0.15) is 16.7 Å². The lowest BCUT2D eigenvalue weighted by atomic mass is 10.1. The van der Waals surface area contributed by atoms with E-state index < -0.39 is 17.8 Å². The molecular formula is C26H18Br2Cl2N2O5. The van der Waals surface area contributed by atoms with Crippen LogP contribution in [-0.2, 0) is 16.2 Å². The number of amides is 4. The summed E-state index contributed by atoms with van der Waals surface area (Å²) >= 11 is 19.1. The van der Waals surface area contributed by atoms with Crippen LogP contribution >= 0.6 is 55.1 Å². The molecule has 0 aliphatic carbocycles. The Balaban J connectivity index is 1.65. The lowest BCUT2D eigenvalue weighted by Gasteiger charge is -2.26. The van der Waals surface area contributed by atoms with E-state index in [1.54, 1.807) is 48.5 Å². The molecule has 1 saturated heterocycles. The summed E-state index contributed by atoms with van der Waals surface area (Å²) in [7, 11) is 1.47. The number of nitrogens with one attached hydrogen (secondary N) is 1. The third-order valence-electron chi connectivity index (χ3n) is 5.45. The van der Waals surface area contributed by atoms with Gasteiger partial charge >= 0.3 is 6.03 Å². The lowest BCUT2D eigenvalue weighted by molar-refractivity contribution is -0.122. The molecule has 190 valence electrons. The van der Waals surface area contributed by atoms with E-state index in [4.69, 9.17) is 32.7 Å². The van der Waals surface area contributed by atoms with Crippen LogP contribution in [0.15, 0.2) is 63.0 Å². The van der Waals surface area contributed by atoms with E-state index in [9.17, 15) is 14.4 Å². The van der Waals surface area contributed by atoms with Gasteiger partial charge in [0.15, 0.2) is 11.5 Å². The Morgan fingerprint density at radius 2 is 1.76 bits per heavy atom. The maximum absolute atomic E-state index is 13.2. The fourth-order valence-corrected chi connectivity index (χ4v) is 4.86. The van der Waals surface area contributed by atoms with Crippen molar-refractivity contribution in [1.29, 1.82) is 0 Å². The van der Waals surface area contributed by atoms with Gasteiger partial charge in [0, 0.05) is 20.1 Å². The molecular weight excluding hydrogens is 651 g/mol. The quantitative estimate of drug-likeness (QED) is 0.224. The number of halogens is 4. The second-order valence-corrected chi connectivity index (χ2v) is 10.5. The van der Waals surface area contributed by atoms with Crippen LogP contribution in [0.4, 0.5) is 10.5 Å². The van der Waals surface area contributed by atoms with Gasteiger partial charge in [-0.15, -0.1) is 0 Å². The summed E-state index contributed by atoms with van der Waals surface area (Å²) in [5.41, 5.74) is 2.15. The third kappa shape index (κ3) is 5.85. The number of nitrogens with zero attached hydrogens (tertiary/aromatic N) is 1. The highest BCUT2D eigenvalue weighted by Gasteiger charge is 2.37. The molecule has 0 saturated carbocycles. The van der Waals surface area contributed by atoms with Crippen molar-refractivity contribution in [2.45, 2.75) is 13.5 Å². The standard InChI is InChI=1S/C26H18Br2Cl2N2O5/c1-13-7-17(5-6-19(13)27)32-25(34)18(24(33)31-26(32)35)8-14-9-20(28)23(22(10-14)36-2)37-12-15-3-4-16(29)11-21(15)30/h3-11H,12H2,1-2H3,(H,31,33,35)/b18-8+. The molecule has 1 aliphatic heterocycles. The van der Waals surface area contributed by atoms with Crippen LogP contribution in [0, 0.1) is 6.92 Å². The van der Waals surface area contributed by atoms with Crippen molar-refractivity contribution in [3.8, 4) is 11.5 Å². The first-order valence-electron chi connectivity index (χ1n) is 10.7. The second-order valence-electron chi connectivity index (χ2n) is 7.95. The van der Waals surface area contributed by atoms with E-state index in [2.05, 4.69) is 37.2 Å². The number of barbiturate groups is 1. The minimum atomic E-state index is -0.822. The van der Waals surface area contributed by atoms with Crippen LogP contribution in [0.25, 0.3) is 6.08 Å². The first kappa shape index (κ1) is 27.2. The van der Waals surface area contributed by atoms with Gasteiger partial charge in [0.25, 0.3) is 11.8 Å². The topological polar surface area (TPSA) is 84.9 Å². The molecule has 0 aromatic heterocycles. The summed E-state index contributed by atoms with van der Waals surface area (Å²) < 4.78 is 12.8. The summed E-state index contributed by atoms with van der Waals surface area (Å²) in [6.45, 7) is 1.98. The normalized spacial score (nSPS) is 14.7. The van der Waals surface area contributed by atoms with Crippen molar-refractivity contribution in [3.63, 3.8) is 0 Å². The Morgan fingerprint density at radius 1 is 1.00 bits per heavy atom. The molecule has 7 nitrogen and oxygen atoms in total. The number of methoxy groups -OCH3 is 1. The van der Waals surface area contributed by atoms with Gasteiger partial charge in [-0.2, -0.15) is 0 Å². The fraction of sp³-hybridized carbons (Fsp3) is 0.115. The Kier molecular flexibility index (Phi) is 8.28. The van der Waals surface area contributed by atoms with Crippen molar-refractivity contribution in [1.82, 2.24) is 5.32 Å². The van der Waals surface area contributed by atoms with Crippen molar-refractivity contribution < 1.29 is 23.9 Å². The molecule has 0 radical (unpaired) electrons. The largest absolute Gasteiger partial charge is 0.493 e. The number of benzene rings is 3. The molecule has 0 bridgehead atoms. The number of hydrogen-bond donors (Lipinski definition) is 1. The van der Waals surface area contributed by atoms with Crippen molar-refractivity contribution >= 4 is 84.7 Å². The van der Waals surface area contributed by atoms with Crippen molar-refractivity contribution in [3.05, 3.63) is 89.8 Å². The molecule has 11 heteroatoms. The Morgan fingerprint density at radius 3 is 2.43 bits per heavy atom. The number of rotatable bonds is 6. The van der Waals surface area contributed by atoms with Gasteiger partial charge in [0.05, 0.1) is 17.3 Å². The van der Waals surface area contributed by atoms with Gasteiger partial charge in [-0.3, -0.25) is 14.9 Å². The molecule has 1 N–H and O–H groups in total. The number of carbonyl (C=O) groups excluding carboxylic acids is 3. The van der Waals surface area contributed by atoms with Gasteiger partial charge in [0.2, 0.25) is 0 Å². The zero-order chi connectivity index (χ0) is 26.9. The molecule has 3 aromatic carbocycles. The average molecular weight is 669 g/mol. The molecule has 4 rings (SSSR count). The minimum Gasteiger partial charge on any atom is -0.493 e. The van der Waals surface area contributed by atoms with E-state index in [1.807, 2.05) is 6.92 Å². The molecule has 1 heterocycles. The number of anilines is 1. The molecule has 3 aromatic rings. The van der Waals surface area contributed by atoms with Gasteiger partial charge in [-0.05, 0) is 82.5 Å². The first-order chi connectivity index (χ1) is 17.6. The summed E-state index contributed by atoms with van der Waals surface area (Å²) in [5, 5.41) is 3.20. The number of hydrogen-bond acceptors (Lipinski definition) is 5. The zero-order valence-electron chi connectivity index (χ0n) is 19.4. The summed E-state index contributed by atoms with van der Waals surface area (Å²) in [5.74, 6) is -0.792. The summed E-state index contributed by atoms with van der Waals surface area (Å²) in [6.07, 6.45) is 1.38. The number of ether oxygens (including phenoxy) is 2. The Labute approximate surface area is 239 Å². The predicted molar refractivity (Wildman–Crippen MR) is 149 cm³/mol. The summed E-state index contributed by atoms with van der Waals surface area (Å²) in [4.78, 5) is 39.3. The SMILES string of the molecule is COc1cc(/C=C2\C(=O)NC(=O)N(c3ccc(Br)c(C)c3)C2=O)cc(Br)c1OCc1ccc(Cl)cc1Cl. The molecule has 0 spiro atoms. The molecule has 4 amide bonds. The van der Waals surface area contributed by atoms with Crippen molar-refractivity contribution in [2.75, 3.05) is 12.0 Å². The molecule has 1 fully saturated rings. The van der Waals surface area contributed by atoms with Crippen LogP contribution in [-0.4, -0.2) is 25.0 Å². The van der Waals surface area contributed by atoms with E-state index in [0.717, 1.165) is 20.5 Å². The minimum absolute atomic E-state index is 0.149. The van der Waals surface area contributed by atoms with Gasteiger partial charge in [-0.25, -0.2) is 9.69 Å². The average Bonchev–Trinajstić information content (AvgIpc) is 2.84. The van der Waals surface area contributed by atoms with E-state index in [1.165, 1.54) is 13.2 Å². The van der Waals surface area contributed by atoms with E-state index in [-0.39, 0.29) is 12.2 Å². The Bertz CT molecular complexity index is 1480. The highest BCUT2D eigenvalue weighted by molar-refractivity contribution is 9.10. The fourth-order valence-electron chi connectivity index (χ4n) is 3.58. The monoisotopic (exact) mass is 666 g/mol. The number of carbonyl (C=O) groups is 3. The van der Waals surface area contributed by atoms with Crippen LogP contribution in [0.5, 0.6) is 11.5 Å². The molecule has 0 atom stereocenters. The number of aryl methyl sites for hydroxylation is 1. The highest BCUT2D eigenvalue weighted by atomic mass is 79.9.